The molecule has 2 unspecified atom stereocenters. The predicted octanol–water partition coefficient (Wildman–Crippen LogP) is 2.27. The number of rotatable bonds is 3. The number of aliphatic carboxylic acids is 1. The first-order valence-corrected chi connectivity index (χ1v) is 6.64. The van der Waals surface area contributed by atoms with Gasteiger partial charge >= 0.3 is 5.97 Å². The monoisotopic (exact) mass is 315 g/mol. The summed E-state index contributed by atoms with van der Waals surface area (Å²) >= 11 is 4.64. The minimum Gasteiger partial charge on any atom is -0.481 e. The van der Waals surface area contributed by atoms with Crippen molar-refractivity contribution in [2.75, 3.05) is 0 Å². The molecule has 17 heavy (non-hydrogen) atoms. The summed E-state index contributed by atoms with van der Waals surface area (Å²) < 4.78 is 0.896. The van der Waals surface area contributed by atoms with Crippen molar-refractivity contribution < 1.29 is 14.7 Å². The Morgan fingerprint density at radius 1 is 1.41 bits per heavy atom. The molecule has 1 aromatic heterocycles. The van der Waals surface area contributed by atoms with Gasteiger partial charge in [-0.25, -0.2) is 0 Å². The number of carboxylic acids is 1. The first-order chi connectivity index (χ1) is 8.06. The van der Waals surface area contributed by atoms with Crippen LogP contribution in [-0.2, 0) is 4.79 Å². The average Bonchev–Trinajstić information content (AvgIpc) is 2.86. The van der Waals surface area contributed by atoms with Gasteiger partial charge in [0.15, 0.2) is 0 Å². The number of thiophene rings is 1. The third-order valence-electron chi connectivity index (χ3n) is 2.51. The first-order valence-electron chi connectivity index (χ1n) is 5.03. The van der Waals surface area contributed by atoms with Gasteiger partial charge in [0.1, 0.15) is 0 Å². The smallest absolute Gasteiger partial charge is 0.310 e. The van der Waals surface area contributed by atoms with E-state index in [1.54, 1.807) is 18.2 Å². The van der Waals surface area contributed by atoms with Crippen molar-refractivity contribution in [2.24, 2.45) is 5.92 Å². The summed E-state index contributed by atoms with van der Waals surface area (Å²) in [5.41, 5.74) is 0. The lowest BCUT2D eigenvalue weighted by Gasteiger charge is -2.10. The summed E-state index contributed by atoms with van der Waals surface area (Å²) in [5, 5.41) is 11.6. The van der Waals surface area contributed by atoms with Crippen LogP contribution in [0, 0.1) is 5.92 Å². The van der Waals surface area contributed by atoms with Crippen molar-refractivity contribution in [3.63, 3.8) is 0 Å². The Kier molecular flexibility index (Phi) is 3.63. The largest absolute Gasteiger partial charge is 0.481 e. The summed E-state index contributed by atoms with van der Waals surface area (Å²) in [6, 6.07) is 3.35. The molecule has 4 nitrogen and oxygen atoms in total. The van der Waals surface area contributed by atoms with Gasteiger partial charge in [-0.2, -0.15) is 0 Å². The van der Waals surface area contributed by atoms with Gasteiger partial charge in [0, 0.05) is 6.04 Å². The topological polar surface area (TPSA) is 66.4 Å². The summed E-state index contributed by atoms with van der Waals surface area (Å²) in [7, 11) is 0. The second-order valence-corrected chi connectivity index (χ2v) is 6.21. The molecule has 0 aliphatic heterocycles. The molecule has 0 saturated heterocycles. The van der Waals surface area contributed by atoms with E-state index in [4.69, 9.17) is 5.11 Å². The Morgan fingerprint density at radius 2 is 2.18 bits per heavy atom. The molecule has 1 aliphatic rings. The molecule has 2 atom stereocenters. The molecule has 1 aliphatic carbocycles. The number of halogens is 1. The zero-order chi connectivity index (χ0) is 12.4. The van der Waals surface area contributed by atoms with E-state index in [0.717, 1.165) is 3.79 Å². The minimum atomic E-state index is -0.850. The van der Waals surface area contributed by atoms with Gasteiger partial charge in [-0.3, -0.25) is 9.59 Å². The highest BCUT2D eigenvalue weighted by molar-refractivity contribution is 9.11. The number of nitrogens with one attached hydrogen (secondary N) is 1. The molecule has 0 saturated carbocycles. The van der Waals surface area contributed by atoms with Crippen LogP contribution in [0.2, 0.25) is 0 Å². The Hall–Kier alpha value is -1.14. The molecule has 90 valence electrons. The van der Waals surface area contributed by atoms with Gasteiger partial charge in [0.05, 0.1) is 14.6 Å². The second kappa shape index (κ2) is 5.01. The molecule has 1 amide bonds. The lowest BCUT2D eigenvalue weighted by atomic mass is 10.1. The normalized spacial score (nSPS) is 22.6. The van der Waals surface area contributed by atoms with E-state index in [2.05, 4.69) is 21.2 Å². The van der Waals surface area contributed by atoms with Crippen LogP contribution in [0.15, 0.2) is 28.1 Å². The zero-order valence-electron chi connectivity index (χ0n) is 8.72. The van der Waals surface area contributed by atoms with Crippen LogP contribution in [0.3, 0.4) is 0 Å². The fraction of sp³-hybridized carbons (Fsp3) is 0.273. The number of carboxylic acid groups (broad SMARTS) is 1. The predicted molar refractivity (Wildman–Crippen MR) is 68.2 cm³/mol. The average molecular weight is 316 g/mol. The van der Waals surface area contributed by atoms with Crippen LogP contribution in [0.1, 0.15) is 16.1 Å². The molecule has 0 fully saturated rings. The van der Waals surface area contributed by atoms with Crippen molar-refractivity contribution in [3.05, 3.63) is 32.9 Å². The number of carbonyl (C=O) groups is 2. The van der Waals surface area contributed by atoms with Crippen LogP contribution in [0.4, 0.5) is 0 Å². The lowest BCUT2D eigenvalue weighted by Crippen LogP contribution is -2.32. The van der Waals surface area contributed by atoms with Crippen molar-refractivity contribution in [1.29, 1.82) is 0 Å². The van der Waals surface area contributed by atoms with E-state index in [0.29, 0.717) is 11.3 Å². The Morgan fingerprint density at radius 3 is 2.71 bits per heavy atom. The zero-order valence-corrected chi connectivity index (χ0v) is 11.1. The molecule has 1 aromatic rings. The molecular weight excluding hydrogens is 306 g/mol. The quantitative estimate of drug-likeness (QED) is 0.841. The highest BCUT2D eigenvalue weighted by Crippen LogP contribution is 2.23. The van der Waals surface area contributed by atoms with Crippen molar-refractivity contribution >= 4 is 39.1 Å². The van der Waals surface area contributed by atoms with Gasteiger partial charge in [-0.05, 0) is 34.5 Å². The molecule has 0 bridgehead atoms. The van der Waals surface area contributed by atoms with Gasteiger partial charge in [0.2, 0.25) is 0 Å². The minimum absolute atomic E-state index is 0.165. The maximum absolute atomic E-state index is 11.8. The molecule has 2 N–H and O–H groups in total. The Bertz CT molecular complexity index is 483. The van der Waals surface area contributed by atoms with E-state index in [-0.39, 0.29) is 11.9 Å². The number of hydrogen-bond donors (Lipinski definition) is 2. The fourth-order valence-electron chi connectivity index (χ4n) is 1.66. The van der Waals surface area contributed by atoms with E-state index < -0.39 is 11.9 Å². The van der Waals surface area contributed by atoms with Crippen LogP contribution in [0.25, 0.3) is 0 Å². The van der Waals surface area contributed by atoms with E-state index in [1.165, 1.54) is 11.3 Å². The van der Waals surface area contributed by atoms with E-state index in [9.17, 15) is 9.59 Å². The van der Waals surface area contributed by atoms with Crippen LogP contribution in [-0.4, -0.2) is 23.0 Å². The SMILES string of the molecule is O=C(NC1C=CC(C(=O)O)C1)c1ccc(Br)s1. The molecule has 1 heterocycles. The van der Waals surface area contributed by atoms with Gasteiger partial charge in [-0.15, -0.1) is 11.3 Å². The molecule has 2 rings (SSSR count). The Balaban J connectivity index is 1.93. The highest BCUT2D eigenvalue weighted by atomic mass is 79.9. The second-order valence-electron chi connectivity index (χ2n) is 3.75. The Labute approximate surface area is 110 Å². The van der Waals surface area contributed by atoms with Gasteiger partial charge in [-0.1, -0.05) is 12.2 Å². The molecule has 0 aromatic carbocycles. The highest BCUT2D eigenvalue weighted by Gasteiger charge is 2.25. The summed E-state index contributed by atoms with van der Waals surface area (Å²) in [6.45, 7) is 0. The van der Waals surface area contributed by atoms with Crippen molar-refractivity contribution in [3.8, 4) is 0 Å². The lowest BCUT2D eigenvalue weighted by molar-refractivity contribution is -0.140. The number of amides is 1. The summed E-state index contributed by atoms with van der Waals surface area (Å²) in [6.07, 6.45) is 3.78. The molecule has 6 heteroatoms. The van der Waals surface area contributed by atoms with Crippen molar-refractivity contribution in [2.45, 2.75) is 12.5 Å². The van der Waals surface area contributed by atoms with Crippen LogP contribution in [0.5, 0.6) is 0 Å². The summed E-state index contributed by atoms with van der Waals surface area (Å²) in [4.78, 5) is 23.1. The third kappa shape index (κ3) is 2.95. The van der Waals surface area contributed by atoms with Crippen LogP contribution < -0.4 is 5.32 Å². The molecule has 0 radical (unpaired) electrons. The maximum atomic E-state index is 11.8. The summed E-state index contributed by atoms with van der Waals surface area (Å²) in [5.74, 6) is -1.51. The third-order valence-corrected chi connectivity index (χ3v) is 4.14. The number of carbonyl (C=O) groups excluding carboxylic acids is 1. The fourth-order valence-corrected chi connectivity index (χ4v) is 2.95. The van der Waals surface area contributed by atoms with E-state index >= 15 is 0 Å². The van der Waals surface area contributed by atoms with Gasteiger partial charge < -0.3 is 10.4 Å². The maximum Gasteiger partial charge on any atom is 0.310 e. The van der Waals surface area contributed by atoms with Gasteiger partial charge in [0.25, 0.3) is 5.91 Å². The molecule has 0 spiro atoms. The van der Waals surface area contributed by atoms with E-state index in [1.807, 2.05) is 6.07 Å². The number of hydrogen-bond acceptors (Lipinski definition) is 3. The standard InChI is InChI=1S/C11H10BrNO3S/c12-9-4-3-8(17-9)10(14)13-7-2-1-6(5-7)11(15)16/h1-4,6-7H,5H2,(H,13,14)(H,15,16). The van der Waals surface area contributed by atoms with Crippen molar-refractivity contribution in [1.82, 2.24) is 5.32 Å². The van der Waals surface area contributed by atoms with Crippen LogP contribution >= 0.6 is 27.3 Å². The first kappa shape index (κ1) is 12.3. The molecular formula is C11H10BrNO3S.